The summed E-state index contributed by atoms with van der Waals surface area (Å²) in [6, 6.07) is 3.97. The molecule has 0 aliphatic rings. The summed E-state index contributed by atoms with van der Waals surface area (Å²) in [4.78, 5) is 18.0. The summed E-state index contributed by atoms with van der Waals surface area (Å²) in [7, 11) is 1.86. The average Bonchev–Trinajstić information content (AvgIpc) is 2.43. The third-order valence-electron chi connectivity index (χ3n) is 3.24. The maximum Gasteiger partial charge on any atom is 0.226 e. The molecule has 0 aliphatic heterocycles. The summed E-state index contributed by atoms with van der Waals surface area (Å²) in [6.45, 7) is 7.65. The Balaban J connectivity index is 2.63. The molecule has 1 N–H and O–H groups in total. The number of rotatable bonds is 6. The van der Waals surface area contributed by atoms with Gasteiger partial charge in [-0.2, -0.15) is 0 Å². The topological polar surface area (TPSA) is 45.2 Å². The molecule has 0 spiro atoms. The summed E-state index contributed by atoms with van der Waals surface area (Å²) in [5.41, 5.74) is 1.11. The van der Waals surface area contributed by atoms with Crippen LogP contribution in [0.15, 0.2) is 24.5 Å². The Bertz CT molecular complexity index is 367. The molecule has 100 valence electrons. The molecule has 2 atom stereocenters. The second-order valence-corrected chi connectivity index (χ2v) is 4.61. The first-order valence-electron chi connectivity index (χ1n) is 6.45. The zero-order valence-corrected chi connectivity index (χ0v) is 11.7. The molecule has 1 aromatic rings. The van der Waals surface area contributed by atoms with E-state index < -0.39 is 0 Å². The van der Waals surface area contributed by atoms with Crippen LogP contribution in [-0.2, 0) is 4.79 Å². The summed E-state index contributed by atoms with van der Waals surface area (Å²) >= 11 is 0. The first kappa shape index (κ1) is 14.6. The van der Waals surface area contributed by atoms with Crippen molar-refractivity contribution in [3.63, 3.8) is 0 Å². The molecule has 4 nitrogen and oxygen atoms in total. The largest absolute Gasteiger partial charge is 0.339 e. The fraction of sp³-hybridized carbons (Fsp3) is 0.571. The van der Waals surface area contributed by atoms with E-state index in [2.05, 4.69) is 10.3 Å². The van der Waals surface area contributed by atoms with Crippen molar-refractivity contribution < 1.29 is 4.79 Å². The smallest absolute Gasteiger partial charge is 0.226 e. The van der Waals surface area contributed by atoms with Gasteiger partial charge in [-0.25, -0.2) is 0 Å². The minimum Gasteiger partial charge on any atom is -0.339 e. The highest BCUT2D eigenvalue weighted by Crippen LogP contribution is 2.19. The van der Waals surface area contributed by atoms with Gasteiger partial charge in [0, 0.05) is 31.9 Å². The van der Waals surface area contributed by atoms with Crippen molar-refractivity contribution in [1.29, 1.82) is 0 Å². The van der Waals surface area contributed by atoms with E-state index in [1.165, 1.54) is 0 Å². The molecule has 1 heterocycles. The van der Waals surface area contributed by atoms with Crippen molar-refractivity contribution in [2.75, 3.05) is 20.1 Å². The lowest BCUT2D eigenvalue weighted by Crippen LogP contribution is -2.38. The third kappa shape index (κ3) is 3.81. The van der Waals surface area contributed by atoms with Crippen molar-refractivity contribution in [3.05, 3.63) is 30.1 Å². The van der Waals surface area contributed by atoms with Crippen LogP contribution >= 0.6 is 0 Å². The monoisotopic (exact) mass is 249 g/mol. The molecule has 1 amide bonds. The molecule has 1 rings (SSSR count). The molecular formula is C14H23N3O. The lowest BCUT2D eigenvalue weighted by molar-refractivity contribution is -0.135. The Morgan fingerprint density at radius 2 is 2.00 bits per heavy atom. The molecule has 0 saturated carbocycles. The van der Waals surface area contributed by atoms with E-state index in [0.717, 1.165) is 18.7 Å². The summed E-state index contributed by atoms with van der Waals surface area (Å²) in [5.74, 6) is 0.166. The van der Waals surface area contributed by atoms with Crippen molar-refractivity contribution in [2.45, 2.75) is 26.8 Å². The highest BCUT2D eigenvalue weighted by Gasteiger charge is 2.21. The molecule has 18 heavy (non-hydrogen) atoms. The standard InChI is InChI=1S/C14H23N3O/c1-5-15-10-11(2)14(18)17(4)12(3)13-6-8-16-9-7-13/h6-9,11-12,15H,5,10H2,1-4H3. The summed E-state index contributed by atoms with van der Waals surface area (Å²) in [5, 5.41) is 3.20. The number of aromatic nitrogens is 1. The van der Waals surface area contributed by atoms with E-state index in [1.807, 2.05) is 40.0 Å². The number of amides is 1. The number of carbonyl (C=O) groups is 1. The SMILES string of the molecule is CCNCC(C)C(=O)N(C)C(C)c1ccncc1. The van der Waals surface area contributed by atoms with Gasteiger partial charge in [0.05, 0.1) is 6.04 Å². The minimum absolute atomic E-state index is 0.000706. The molecular weight excluding hydrogens is 226 g/mol. The molecule has 0 radical (unpaired) electrons. The quantitative estimate of drug-likeness (QED) is 0.837. The van der Waals surface area contributed by atoms with Gasteiger partial charge in [-0.1, -0.05) is 13.8 Å². The van der Waals surface area contributed by atoms with Gasteiger partial charge in [0.15, 0.2) is 0 Å². The van der Waals surface area contributed by atoms with Gasteiger partial charge in [0.25, 0.3) is 0 Å². The number of nitrogens with zero attached hydrogens (tertiary/aromatic N) is 2. The van der Waals surface area contributed by atoms with Crippen LogP contribution in [-0.4, -0.2) is 35.9 Å². The zero-order valence-electron chi connectivity index (χ0n) is 11.7. The van der Waals surface area contributed by atoms with Crippen LogP contribution < -0.4 is 5.32 Å². The molecule has 0 fully saturated rings. The first-order chi connectivity index (χ1) is 8.57. The molecule has 4 heteroatoms. The third-order valence-corrected chi connectivity index (χ3v) is 3.24. The van der Waals surface area contributed by atoms with E-state index in [4.69, 9.17) is 0 Å². The number of hydrogen-bond donors (Lipinski definition) is 1. The van der Waals surface area contributed by atoms with Gasteiger partial charge in [-0.05, 0) is 31.2 Å². The summed E-state index contributed by atoms with van der Waals surface area (Å²) in [6.07, 6.45) is 3.51. The Morgan fingerprint density at radius 1 is 1.39 bits per heavy atom. The van der Waals surface area contributed by atoms with E-state index in [-0.39, 0.29) is 17.9 Å². The van der Waals surface area contributed by atoms with E-state index in [0.29, 0.717) is 0 Å². The van der Waals surface area contributed by atoms with Crippen LogP contribution in [0, 0.1) is 5.92 Å². The van der Waals surface area contributed by atoms with E-state index in [9.17, 15) is 4.79 Å². The van der Waals surface area contributed by atoms with Crippen LogP contribution in [0.4, 0.5) is 0 Å². The Hall–Kier alpha value is -1.42. The average molecular weight is 249 g/mol. The fourth-order valence-electron chi connectivity index (χ4n) is 1.85. The predicted molar refractivity (Wildman–Crippen MR) is 73.1 cm³/mol. The van der Waals surface area contributed by atoms with Crippen LogP contribution in [0.3, 0.4) is 0 Å². The van der Waals surface area contributed by atoms with E-state index >= 15 is 0 Å². The predicted octanol–water partition coefficient (Wildman–Crippen LogP) is 1.85. The second-order valence-electron chi connectivity index (χ2n) is 4.61. The normalized spacial score (nSPS) is 14.0. The molecule has 0 saturated heterocycles. The van der Waals surface area contributed by atoms with Crippen LogP contribution in [0.1, 0.15) is 32.4 Å². The highest BCUT2D eigenvalue weighted by atomic mass is 16.2. The zero-order chi connectivity index (χ0) is 13.5. The Kier molecular flexibility index (Phi) is 5.78. The number of pyridine rings is 1. The van der Waals surface area contributed by atoms with Crippen molar-refractivity contribution in [3.8, 4) is 0 Å². The van der Waals surface area contributed by atoms with Crippen molar-refractivity contribution in [2.24, 2.45) is 5.92 Å². The van der Waals surface area contributed by atoms with Gasteiger partial charge >= 0.3 is 0 Å². The maximum atomic E-state index is 12.2. The van der Waals surface area contributed by atoms with Crippen LogP contribution in [0.25, 0.3) is 0 Å². The second kappa shape index (κ2) is 7.11. The molecule has 2 unspecified atom stereocenters. The lowest BCUT2D eigenvalue weighted by atomic mass is 10.1. The summed E-state index contributed by atoms with van der Waals surface area (Å²) < 4.78 is 0. The molecule has 0 aromatic carbocycles. The van der Waals surface area contributed by atoms with Crippen LogP contribution in [0.2, 0.25) is 0 Å². The molecule has 0 bridgehead atoms. The number of hydrogen-bond acceptors (Lipinski definition) is 3. The van der Waals surface area contributed by atoms with Gasteiger partial charge in [0.2, 0.25) is 5.91 Å². The maximum absolute atomic E-state index is 12.2. The molecule has 0 aliphatic carbocycles. The first-order valence-corrected chi connectivity index (χ1v) is 6.45. The van der Waals surface area contributed by atoms with Crippen molar-refractivity contribution in [1.82, 2.24) is 15.2 Å². The fourth-order valence-corrected chi connectivity index (χ4v) is 1.85. The van der Waals surface area contributed by atoms with Gasteiger partial charge in [-0.15, -0.1) is 0 Å². The highest BCUT2D eigenvalue weighted by molar-refractivity contribution is 5.78. The van der Waals surface area contributed by atoms with Gasteiger partial charge in [0.1, 0.15) is 0 Å². The lowest BCUT2D eigenvalue weighted by Gasteiger charge is -2.28. The van der Waals surface area contributed by atoms with Gasteiger partial charge < -0.3 is 10.2 Å². The van der Waals surface area contributed by atoms with Gasteiger partial charge in [-0.3, -0.25) is 9.78 Å². The van der Waals surface area contributed by atoms with E-state index in [1.54, 1.807) is 17.3 Å². The minimum atomic E-state index is -0.000706. The van der Waals surface area contributed by atoms with Crippen molar-refractivity contribution >= 4 is 5.91 Å². The number of carbonyl (C=O) groups excluding carboxylic acids is 1. The molecule has 1 aromatic heterocycles. The number of nitrogens with one attached hydrogen (secondary N) is 1. The Morgan fingerprint density at radius 3 is 2.56 bits per heavy atom. The van der Waals surface area contributed by atoms with Crippen LogP contribution in [0.5, 0.6) is 0 Å². The Labute approximate surface area is 109 Å².